The average molecular weight is 298 g/mol. The fraction of sp³-hybridized carbons (Fsp3) is 0. The van der Waals surface area contributed by atoms with Crippen molar-refractivity contribution in [2.75, 3.05) is 5.43 Å². The van der Waals surface area contributed by atoms with Gasteiger partial charge in [0, 0.05) is 5.56 Å². The Hall–Kier alpha value is -3.49. The summed E-state index contributed by atoms with van der Waals surface area (Å²) in [6.45, 7) is 0. The van der Waals surface area contributed by atoms with Gasteiger partial charge >= 0.3 is 5.97 Å². The number of aromatic carboxylic acids is 1. The monoisotopic (exact) mass is 298 g/mol. The zero-order chi connectivity index (χ0) is 15.4. The van der Waals surface area contributed by atoms with Crippen molar-refractivity contribution in [1.82, 2.24) is 20.6 Å². The van der Waals surface area contributed by atoms with Crippen LogP contribution in [0.3, 0.4) is 0 Å². The number of hydrogen-bond acceptors (Lipinski definition) is 7. The standard InChI is InChI=1S/C13H10N6O3/c20-12(21)10-4-2-1-3-9(10)11-6-5-8(22-11)7-14-15-13-16-18-19-17-13/h1-7H,(H,20,21)(H2,15,16,17,18,19). The number of benzene rings is 1. The fourth-order valence-corrected chi connectivity index (χ4v) is 1.81. The van der Waals surface area contributed by atoms with Crippen LogP contribution in [0, 0.1) is 0 Å². The molecular weight excluding hydrogens is 288 g/mol. The van der Waals surface area contributed by atoms with Crippen molar-refractivity contribution in [3.05, 3.63) is 47.7 Å². The van der Waals surface area contributed by atoms with E-state index in [1.54, 1.807) is 30.3 Å². The molecule has 0 spiro atoms. The summed E-state index contributed by atoms with van der Waals surface area (Å²) in [6.07, 6.45) is 1.42. The van der Waals surface area contributed by atoms with E-state index in [1.165, 1.54) is 12.3 Å². The Kier molecular flexibility index (Phi) is 3.60. The summed E-state index contributed by atoms with van der Waals surface area (Å²) < 4.78 is 5.56. The topological polar surface area (TPSA) is 129 Å². The minimum absolute atomic E-state index is 0.172. The summed E-state index contributed by atoms with van der Waals surface area (Å²) in [5, 5.41) is 26.0. The highest BCUT2D eigenvalue weighted by Gasteiger charge is 2.13. The molecule has 0 radical (unpaired) electrons. The minimum atomic E-state index is -1.01. The molecule has 0 aliphatic rings. The van der Waals surface area contributed by atoms with Gasteiger partial charge < -0.3 is 9.52 Å². The minimum Gasteiger partial charge on any atom is -0.478 e. The zero-order valence-corrected chi connectivity index (χ0v) is 11.1. The van der Waals surface area contributed by atoms with Gasteiger partial charge in [-0.3, -0.25) is 0 Å². The first-order valence-electron chi connectivity index (χ1n) is 6.19. The molecule has 0 aliphatic carbocycles. The Morgan fingerprint density at radius 3 is 2.95 bits per heavy atom. The van der Waals surface area contributed by atoms with E-state index in [-0.39, 0.29) is 11.5 Å². The second-order valence-electron chi connectivity index (χ2n) is 4.16. The maximum atomic E-state index is 11.2. The van der Waals surface area contributed by atoms with Crippen LogP contribution < -0.4 is 5.43 Å². The Balaban J connectivity index is 1.79. The average Bonchev–Trinajstić information content (AvgIpc) is 3.19. The summed E-state index contributed by atoms with van der Waals surface area (Å²) in [5.74, 6) is 0.102. The van der Waals surface area contributed by atoms with Gasteiger partial charge in [0.1, 0.15) is 11.5 Å². The number of tetrazole rings is 1. The molecule has 0 saturated carbocycles. The molecule has 2 aromatic heterocycles. The lowest BCUT2D eigenvalue weighted by Gasteiger charge is -2.01. The van der Waals surface area contributed by atoms with Crippen LogP contribution in [0.5, 0.6) is 0 Å². The van der Waals surface area contributed by atoms with E-state index in [4.69, 9.17) is 4.42 Å². The van der Waals surface area contributed by atoms with E-state index < -0.39 is 5.97 Å². The van der Waals surface area contributed by atoms with Crippen LogP contribution in [0.1, 0.15) is 16.1 Å². The molecule has 22 heavy (non-hydrogen) atoms. The Morgan fingerprint density at radius 1 is 1.32 bits per heavy atom. The summed E-state index contributed by atoms with van der Waals surface area (Å²) in [7, 11) is 0. The predicted octanol–water partition coefficient (Wildman–Crippen LogP) is 1.60. The van der Waals surface area contributed by atoms with Crippen LogP contribution in [0.15, 0.2) is 45.9 Å². The Bertz CT molecular complexity index is 809. The first-order valence-corrected chi connectivity index (χ1v) is 6.19. The largest absolute Gasteiger partial charge is 0.478 e. The van der Waals surface area contributed by atoms with Crippen molar-refractivity contribution in [2.45, 2.75) is 0 Å². The first-order chi connectivity index (χ1) is 10.7. The predicted molar refractivity (Wildman–Crippen MR) is 76.5 cm³/mol. The maximum Gasteiger partial charge on any atom is 0.336 e. The van der Waals surface area contributed by atoms with E-state index in [1.807, 2.05) is 0 Å². The van der Waals surface area contributed by atoms with Gasteiger partial charge in [-0.05, 0) is 23.4 Å². The van der Waals surface area contributed by atoms with Gasteiger partial charge in [-0.1, -0.05) is 23.3 Å². The summed E-state index contributed by atoms with van der Waals surface area (Å²) >= 11 is 0. The van der Waals surface area contributed by atoms with Crippen molar-refractivity contribution >= 4 is 18.1 Å². The first kappa shape index (κ1) is 13.5. The third-order valence-electron chi connectivity index (χ3n) is 2.75. The highest BCUT2D eigenvalue weighted by molar-refractivity contribution is 5.95. The van der Waals surface area contributed by atoms with Gasteiger partial charge in [-0.25, -0.2) is 10.2 Å². The van der Waals surface area contributed by atoms with Gasteiger partial charge in [0.05, 0.1) is 11.8 Å². The van der Waals surface area contributed by atoms with Crippen molar-refractivity contribution in [2.24, 2.45) is 5.10 Å². The third kappa shape index (κ3) is 2.82. The smallest absolute Gasteiger partial charge is 0.336 e. The molecule has 3 aromatic rings. The molecule has 9 nitrogen and oxygen atoms in total. The lowest BCUT2D eigenvalue weighted by Crippen LogP contribution is -1.98. The molecule has 1 aromatic carbocycles. The number of carboxylic acid groups (broad SMARTS) is 1. The summed E-state index contributed by atoms with van der Waals surface area (Å²) in [6, 6.07) is 9.96. The third-order valence-corrected chi connectivity index (χ3v) is 2.75. The van der Waals surface area contributed by atoms with E-state index in [0.717, 1.165) is 0 Å². The quantitative estimate of drug-likeness (QED) is 0.482. The molecule has 3 rings (SSSR count). The number of aromatic nitrogens is 4. The highest BCUT2D eigenvalue weighted by atomic mass is 16.4. The summed E-state index contributed by atoms with van der Waals surface area (Å²) in [4.78, 5) is 11.2. The van der Waals surface area contributed by atoms with Crippen molar-refractivity contribution in [3.8, 4) is 11.3 Å². The number of carbonyl (C=O) groups is 1. The maximum absolute atomic E-state index is 11.2. The van der Waals surface area contributed by atoms with Gasteiger partial charge in [0.2, 0.25) is 0 Å². The molecule has 2 heterocycles. The van der Waals surface area contributed by atoms with Crippen molar-refractivity contribution < 1.29 is 14.3 Å². The number of H-pyrrole nitrogens is 1. The van der Waals surface area contributed by atoms with Crippen LogP contribution in [0.25, 0.3) is 11.3 Å². The SMILES string of the molecule is O=C(O)c1ccccc1-c1ccc(C=NNc2nn[nH]n2)o1. The highest BCUT2D eigenvalue weighted by Crippen LogP contribution is 2.25. The lowest BCUT2D eigenvalue weighted by molar-refractivity contribution is 0.0697. The van der Waals surface area contributed by atoms with Gasteiger partial charge in [0.25, 0.3) is 5.95 Å². The number of anilines is 1. The lowest BCUT2D eigenvalue weighted by atomic mass is 10.1. The van der Waals surface area contributed by atoms with E-state index in [9.17, 15) is 9.90 Å². The number of furan rings is 1. The van der Waals surface area contributed by atoms with E-state index >= 15 is 0 Å². The molecule has 110 valence electrons. The second-order valence-corrected chi connectivity index (χ2v) is 4.16. The Morgan fingerprint density at radius 2 is 2.18 bits per heavy atom. The van der Waals surface area contributed by atoms with Gasteiger partial charge in [0.15, 0.2) is 0 Å². The zero-order valence-electron chi connectivity index (χ0n) is 11.1. The van der Waals surface area contributed by atoms with Crippen LogP contribution in [-0.2, 0) is 0 Å². The second kappa shape index (κ2) is 5.87. The van der Waals surface area contributed by atoms with Crippen molar-refractivity contribution in [3.63, 3.8) is 0 Å². The molecular formula is C13H10N6O3. The van der Waals surface area contributed by atoms with Crippen LogP contribution in [0.2, 0.25) is 0 Å². The van der Waals surface area contributed by atoms with Crippen molar-refractivity contribution in [1.29, 1.82) is 0 Å². The normalized spacial score (nSPS) is 10.9. The van der Waals surface area contributed by atoms with Gasteiger partial charge in [-0.2, -0.15) is 10.3 Å². The number of nitrogens with zero attached hydrogens (tertiary/aromatic N) is 4. The number of hydrazone groups is 1. The summed E-state index contributed by atoms with van der Waals surface area (Å²) in [5.41, 5.74) is 3.22. The van der Waals surface area contributed by atoms with E-state index in [2.05, 4.69) is 31.2 Å². The number of carboxylic acids is 1. The number of rotatable bonds is 5. The molecule has 0 amide bonds. The molecule has 9 heteroatoms. The van der Waals surface area contributed by atoms with E-state index in [0.29, 0.717) is 17.1 Å². The molecule has 0 atom stereocenters. The van der Waals surface area contributed by atoms with Crippen LogP contribution >= 0.6 is 0 Å². The Labute approximate surface area is 123 Å². The molecule has 3 N–H and O–H groups in total. The molecule has 0 saturated heterocycles. The number of hydrogen-bond donors (Lipinski definition) is 3. The molecule has 0 aliphatic heterocycles. The fourth-order valence-electron chi connectivity index (χ4n) is 1.81. The van der Waals surface area contributed by atoms with Gasteiger partial charge in [-0.15, -0.1) is 5.10 Å². The van der Waals surface area contributed by atoms with Crippen LogP contribution in [0.4, 0.5) is 5.95 Å². The molecule has 0 unspecified atom stereocenters. The molecule has 0 fully saturated rings. The van der Waals surface area contributed by atoms with Crippen LogP contribution in [-0.4, -0.2) is 37.9 Å². The molecule has 0 bridgehead atoms. The number of nitrogens with one attached hydrogen (secondary N) is 2. The number of aromatic amines is 1.